The van der Waals surface area contributed by atoms with Crippen molar-refractivity contribution in [3.63, 3.8) is 0 Å². The average Bonchev–Trinajstić information content (AvgIpc) is 3.19. The van der Waals surface area contributed by atoms with Gasteiger partial charge in [-0.25, -0.2) is 4.39 Å². The van der Waals surface area contributed by atoms with Crippen molar-refractivity contribution in [3.05, 3.63) is 29.6 Å². The topological polar surface area (TPSA) is 61.4 Å². The van der Waals surface area contributed by atoms with E-state index in [-0.39, 0.29) is 13.1 Å². The summed E-state index contributed by atoms with van der Waals surface area (Å²) in [5.74, 6) is -1.21. The lowest BCUT2D eigenvalue weighted by atomic mass is 10.1. The summed E-state index contributed by atoms with van der Waals surface area (Å²) in [6.45, 7) is 0.645. The van der Waals surface area contributed by atoms with E-state index >= 15 is 0 Å². The van der Waals surface area contributed by atoms with Crippen LogP contribution in [0.5, 0.6) is 0 Å². The van der Waals surface area contributed by atoms with Gasteiger partial charge in [0.15, 0.2) is 0 Å². The van der Waals surface area contributed by atoms with Crippen LogP contribution in [0.2, 0.25) is 0 Å². The number of nitrogens with zero attached hydrogens (tertiary/aromatic N) is 1. The molecule has 0 radical (unpaired) electrons. The molecule has 106 valence electrons. The maximum Gasteiger partial charge on any atom is 0.246 e. The summed E-state index contributed by atoms with van der Waals surface area (Å²) in [7, 11) is 0. The van der Waals surface area contributed by atoms with Gasteiger partial charge in [-0.15, -0.1) is 0 Å². The van der Waals surface area contributed by atoms with E-state index in [2.05, 4.69) is 10.6 Å². The second-order valence-electron chi connectivity index (χ2n) is 5.27. The lowest BCUT2D eigenvalue weighted by molar-refractivity contribution is -0.130. The number of hydrogen-bond donors (Lipinski definition) is 2. The molecule has 0 atom stereocenters. The van der Waals surface area contributed by atoms with E-state index in [1.165, 1.54) is 23.8 Å². The van der Waals surface area contributed by atoms with Crippen molar-refractivity contribution in [1.82, 2.24) is 10.6 Å². The minimum atomic E-state index is -0.403. The van der Waals surface area contributed by atoms with Gasteiger partial charge in [-0.05, 0) is 30.5 Å². The Morgan fingerprint density at radius 2 is 1.95 bits per heavy atom. The highest BCUT2D eigenvalue weighted by Crippen LogP contribution is 2.23. The van der Waals surface area contributed by atoms with Crippen LogP contribution in [0.4, 0.5) is 10.1 Å². The van der Waals surface area contributed by atoms with Gasteiger partial charge in [0.05, 0.1) is 18.8 Å². The smallest absolute Gasteiger partial charge is 0.246 e. The van der Waals surface area contributed by atoms with Crippen LogP contribution in [0.25, 0.3) is 0 Å². The first kappa shape index (κ1) is 13.1. The van der Waals surface area contributed by atoms with Crippen molar-refractivity contribution >= 4 is 17.5 Å². The molecule has 0 unspecified atom stereocenters. The van der Waals surface area contributed by atoms with Gasteiger partial charge in [-0.1, -0.05) is 6.07 Å². The molecule has 6 heteroatoms. The van der Waals surface area contributed by atoms with Crippen LogP contribution in [0.1, 0.15) is 18.4 Å². The molecule has 1 heterocycles. The minimum absolute atomic E-state index is 0.00231. The van der Waals surface area contributed by atoms with E-state index in [1.54, 1.807) is 6.07 Å². The summed E-state index contributed by atoms with van der Waals surface area (Å²) in [6.07, 6.45) is 2.37. The van der Waals surface area contributed by atoms with Gasteiger partial charge >= 0.3 is 0 Å². The summed E-state index contributed by atoms with van der Waals surface area (Å²) >= 11 is 0. The molecule has 0 spiro atoms. The zero-order valence-corrected chi connectivity index (χ0v) is 11.0. The molecule has 1 aromatic carbocycles. The molecule has 0 aromatic heterocycles. The largest absolute Gasteiger partial charge is 0.351 e. The molecule has 2 amide bonds. The van der Waals surface area contributed by atoms with Gasteiger partial charge in [0.1, 0.15) is 5.82 Å². The number of anilines is 1. The van der Waals surface area contributed by atoms with Crippen LogP contribution in [-0.4, -0.2) is 30.9 Å². The van der Waals surface area contributed by atoms with Crippen LogP contribution < -0.4 is 15.5 Å². The van der Waals surface area contributed by atoms with Crippen LogP contribution >= 0.6 is 0 Å². The van der Waals surface area contributed by atoms with Gasteiger partial charge < -0.3 is 10.2 Å². The summed E-state index contributed by atoms with van der Waals surface area (Å²) in [6, 6.07) is 5.48. The highest BCUT2D eigenvalue weighted by Gasteiger charge is 2.25. The standard InChI is InChI=1S/C14H16FN3O2/c15-11-5-9(6-16-10-2-3-10)1-4-12(11)18-7-13(19)17-14(20)8-18/h1,4-5,10,16H,2-3,6-8H2,(H,17,19,20). The number of benzene rings is 1. The van der Waals surface area contributed by atoms with Gasteiger partial charge in [0.2, 0.25) is 11.8 Å². The number of carbonyl (C=O) groups is 2. The predicted octanol–water partition coefficient (Wildman–Crippen LogP) is 0.540. The Kier molecular flexibility index (Phi) is 3.40. The highest BCUT2D eigenvalue weighted by molar-refractivity contribution is 6.02. The highest BCUT2D eigenvalue weighted by atomic mass is 19.1. The van der Waals surface area contributed by atoms with Crippen molar-refractivity contribution in [3.8, 4) is 0 Å². The quantitative estimate of drug-likeness (QED) is 0.789. The second-order valence-corrected chi connectivity index (χ2v) is 5.27. The fraction of sp³-hybridized carbons (Fsp3) is 0.429. The first-order chi connectivity index (χ1) is 9.61. The summed E-state index contributed by atoms with van der Waals surface area (Å²) in [5.41, 5.74) is 1.16. The molecule has 1 saturated carbocycles. The number of piperazine rings is 1. The molecule has 1 aliphatic carbocycles. The van der Waals surface area contributed by atoms with E-state index in [4.69, 9.17) is 0 Å². The van der Waals surface area contributed by atoms with Crippen molar-refractivity contribution < 1.29 is 14.0 Å². The van der Waals surface area contributed by atoms with Crippen molar-refractivity contribution in [2.24, 2.45) is 0 Å². The molecular formula is C14H16FN3O2. The van der Waals surface area contributed by atoms with Gasteiger partial charge in [0.25, 0.3) is 0 Å². The third kappa shape index (κ3) is 2.96. The predicted molar refractivity (Wildman–Crippen MR) is 71.6 cm³/mol. The fourth-order valence-electron chi connectivity index (χ4n) is 2.27. The zero-order valence-electron chi connectivity index (χ0n) is 11.0. The average molecular weight is 277 g/mol. The van der Waals surface area contributed by atoms with E-state index in [1.807, 2.05) is 6.07 Å². The Bertz CT molecular complexity index is 541. The molecule has 2 N–H and O–H groups in total. The first-order valence-electron chi connectivity index (χ1n) is 6.71. The molecule has 2 fully saturated rings. The Labute approximate surface area is 116 Å². The second kappa shape index (κ2) is 5.20. The molecule has 1 saturated heterocycles. The van der Waals surface area contributed by atoms with Crippen LogP contribution in [0.3, 0.4) is 0 Å². The number of rotatable bonds is 4. The SMILES string of the molecule is O=C1CN(c2ccc(CNC3CC3)cc2F)CC(=O)N1. The van der Waals surface area contributed by atoms with Crippen molar-refractivity contribution in [2.75, 3.05) is 18.0 Å². The van der Waals surface area contributed by atoms with Gasteiger partial charge in [-0.3, -0.25) is 14.9 Å². The van der Waals surface area contributed by atoms with E-state index in [9.17, 15) is 14.0 Å². The monoisotopic (exact) mass is 277 g/mol. The third-order valence-electron chi connectivity index (χ3n) is 3.47. The first-order valence-corrected chi connectivity index (χ1v) is 6.71. The molecule has 1 aliphatic heterocycles. The molecular weight excluding hydrogens is 261 g/mol. The molecule has 0 bridgehead atoms. The number of hydrogen-bond acceptors (Lipinski definition) is 4. The Morgan fingerprint density at radius 1 is 1.25 bits per heavy atom. The number of imide groups is 1. The summed E-state index contributed by atoms with van der Waals surface area (Å²) in [5, 5.41) is 5.51. The lowest BCUT2D eigenvalue weighted by Crippen LogP contribution is -2.51. The maximum absolute atomic E-state index is 14.1. The summed E-state index contributed by atoms with van der Waals surface area (Å²) < 4.78 is 14.1. The fourth-order valence-corrected chi connectivity index (χ4v) is 2.27. The normalized spacial score (nSPS) is 19.1. The Balaban J connectivity index is 1.72. The number of halogens is 1. The van der Waals surface area contributed by atoms with E-state index < -0.39 is 17.6 Å². The van der Waals surface area contributed by atoms with Crippen molar-refractivity contribution in [1.29, 1.82) is 0 Å². The Hall–Kier alpha value is -1.95. The molecule has 20 heavy (non-hydrogen) atoms. The van der Waals surface area contributed by atoms with Crippen LogP contribution in [0, 0.1) is 5.82 Å². The lowest BCUT2D eigenvalue weighted by Gasteiger charge is -2.27. The molecule has 2 aliphatic rings. The van der Waals surface area contributed by atoms with Crippen LogP contribution in [-0.2, 0) is 16.1 Å². The molecule has 3 rings (SSSR count). The molecule has 5 nitrogen and oxygen atoms in total. The number of carbonyl (C=O) groups excluding carboxylic acids is 2. The minimum Gasteiger partial charge on any atom is -0.351 e. The van der Waals surface area contributed by atoms with E-state index in [0.717, 1.165) is 5.56 Å². The number of nitrogens with one attached hydrogen (secondary N) is 2. The van der Waals surface area contributed by atoms with Gasteiger partial charge in [0, 0.05) is 12.6 Å². The third-order valence-corrected chi connectivity index (χ3v) is 3.47. The van der Waals surface area contributed by atoms with Crippen molar-refractivity contribution in [2.45, 2.75) is 25.4 Å². The number of amides is 2. The maximum atomic E-state index is 14.1. The zero-order chi connectivity index (χ0) is 14.1. The summed E-state index contributed by atoms with van der Waals surface area (Å²) in [4.78, 5) is 24.1. The van der Waals surface area contributed by atoms with E-state index in [0.29, 0.717) is 18.3 Å². The Morgan fingerprint density at radius 3 is 2.55 bits per heavy atom. The molecule has 1 aromatic rings. The van der Waals surface area contributed by atoms with Crippen LogP contribution in [0.15, 0.2) is 18.2 Å². The van der Waals surface area contributed by atoms with Gasteiger partial charge in [-0.2, -0.15) is 0 Å².